The third-order valence-corrected chi connectivity index (χ3v) is 2.76. The Morgan fingerprint density at radius 2 is 1.11 bits per heavy atom. The van der Waals surface area contributed by atoms with Gasteiger partial charge < -0.3 is 23.7 Å². The zero-order valence-electron chi connectivity index (χ0n) is 15.6. The fourth-order valence-electron chi connectivity index (χ4n) is 1.88. The second-order valence-electron chi connectivity index (χ2n) is 5.30. The number of rotatable bonds is 10. The maximum Gasteiger partial charge on any atom is 0.303 e. The predicted octanol–water partition coefficient (Wildman–Crippen LogP) is -0.523. The lowest BCUT2D eigenvalue weighted by Crippen LogP contribution is -2.51. The largest absolute Gasteiger partial charge is 0.462 e. The molecule has 0 fully saturated rings. The van der Waals surface area contributed by atoms with Crippen molar-refractivity contribution in [2.24, 2.45) is 0 Å². The van der Waals surface area contributed by atoms with Crippen molar-refractivity contribution >= 4 is 35.6 Å². The molecule has 0 saturated carbocycles. The van der Waals surface area contributed by atoms with Crippen LogP contribution in [-0.2, 0) is 52.5 Å². The molecule has 0 aliphatic heterocycles. The van der Waals surface area contributed by atoms with Crippen molar-refractivity contribution < 1.29 is 52.5 Å². The van der Waals surface area contributed by atoms with E-state index in [4.69, 9.17) is 18.9 Å². The van der Waals surface area contributed by atoms with Crippen molar-refractivity contribution in [3.05, 3.63) is 0 Å². The van der Waals surface area contributed by atoms with Crippen LogP contribution in [0, 0.1) is 0 Å². The number of ether oxygens (including phenoxy) is 5. The molecule has 0 aromatic carbocycles. The van der Waals surface area contributed by atoms with Crippen LogP contribution >= 0.6 is 0 Å². The smallest absolute Gasteiger partial charge is 0.303 e. The van der Waals surface area contributed by atoms with Crippen molar-refractivity contribution in [2.75, 3.05) is 13.2 Å². The van der Waals surface area contributed by atoms with Gasteiger partial charge in [0.05, 0.1) is 0 Å². The lowest BCUT2D eigenvalue weighted by Gasteiger charge is -2.30. The van der Waals surface area contributed by atoms with Crippen LogP contribution in [0.3, 0.4) is 0 Å². The number of ketones is 1. The molecule has 0 bridgehead atoms. The Balaban J connectivity index is 5.80. The number of carbonyl (C=O) groups is 6. The average Bonchev–Trinajstić information content (AvgIpc) is 2.51. The first-order chi connectivity index (χ1) is 12.4. The summed E-state index contributed by atoms with van der Waals surface area (Å²) in [7, 11) is 0. The number of carbonyl (C=O) groups excluding carboxylic acids is 6. The third kappa shape index (κ3) is 10.6. The highest BCUT2D eigenvalue weighted by molar-refractivity contribution is 5.88. The van der Waals surface area contributed by atoms with Gasteiger partial charge >= 0.3 is 29.8 Å². The first kappa shape index (κ1) is 24.0. The van der Waals surface area contributed by atoms with Gasteiger partial charge in [0.1, 0.15) is 6.61 Å². The average molecular weight is 390 g/mol. The van der Waals surface area contributed by atoms with Crippen LogP contribution < -0.4 is 0 Å². The molecule has 0 aliphatic rings. The standard InChI is InChI=1S/C16H22O11/c1-8(17)23-6-13(22)15(26-11(4)20)16(27-12(5)21)14(25-10(3)19)7-24-9(2)18/h14-16H,6-7H2,1-5H3/t14-,15-,16+/m0/s1. The molecule has 0 spiro atoms. The zero-order valence-corrected chi connectivity index (χ0v) is 15.6. The van der Waals surface area contributed by atoms with Crippen molar-refractivity contribution in [2.45, 2.75) is 52.9 Å². The van der Waals surface area contributed by atoms with E-state index >= 15 is 0 Å². The van der Waals surface area contributed by atoms with E-state index in [1.54, 1.807) is 0 Å². The van der Waals surface area contributed by atoms with Gasteiger partial charge in [-0.1, -0.05) is 0 Å². The van der Waals surface area contributed by atoms with Crippen LogP contribution in [0.2, 0.25) is 0 Å². The maximum absolute atomic E-state index is 12.3. The quantitative estimate of drug-likeness (QED) is 0.350. The Morgan fingerprint density at radius 1 is 0.630 bits per heavy atom. The predicted molar refractivity (Wildman–Crippen MR) is 84.9 cm³/mol. The molecule has 0 unspecified atom stereocenters. The van der Waals surface area contributed by atoms with Crippen molar-refractivity contribution in [3.8, 4) is 0 Å². The Hall–Kier alpha value is -2.98. The third-order valence-electron chi connectivity index (χ3n) is 2.76. The highest BCUT2D eigenvalue weighted by Gasteiger charge is 2.42. The molecule has 0 amide bonds. The van der Waals surface area contributed by atoms with Crippen LogP contribution in [-0.4, -0.2) is 67.2 Å². The Kier molecular flexibility index (Phi) is 10.3. The van der Waals surface area contributed by atoms with Crippen molar-refractivity contribution in [1.29, 1.82) is 0 Å². The van der Waals surface area contributed by atoms with E-state index in [1.165, 1.54) is 0 Å². The van der Waals surface area contributed by atoms with Crippen molar-refractivity contribution in [1.82, 2.24) is 0 Å². The van der Waals surface area contributed by atoms with Gasteiger partial charge in [0.15, 0.2) is 18.8 Å². The normalized spacial score (nSPS) is 13.4. The summed E-state index contributed by atoms with van der Waals surface area (Å²) in [6, 6.07) is 0. The van der Waals surface area contributed by atoms with Gasteiger partial charge in [-0.05, 0) is 0 Å². The van der Waals surface area contributed by atoms with Gasteiger partial charge in [-0.25, -0.2) is 0 Å². The minimum absolute atomic E-state index is 0.578. The Morgan fingerprint density at radius 3 is 1.52 bits per heavy atom. The maximum atomic E-state index is 12.3. The molecule has 0 radical (unpaired) electrons. The van der Waals surface area contributed by atoms with Gasteiger partial charge in [0.2, 0.25) is 11.9 Å². The molecule has 0 rings (SSSR count). The van der Waals surface area contributed by atoms with Gasteiger partial charge in [0.25, 0.3) is 0 Å². The summed E-state index contributed by atoms with van der Waals surface area (Å²) in [5.74, 6) is -5.08. The summed E-state index contributed by atoms with van der Waals surface area (Å²) in [5.41, 5.74) is 0. The number of hydrogen-bond acceptors (Lipinski definition) is 11. The van der Waals surface area contributed by atoms with Crippen LogP contribution in [0.1, 0.15) is 34.6 Å². The van der Waals surface area contributed by atoms with Gasteiger partial charge in [0, 0.05) is 34.6 Å². The minimum atomic E-state index is -1.77. The first-order valence-electron chi connectivity index (χ1n) is 7.75. The molecule has 11 heteroatoms. The highest BCUT2D eigenvalue weighted by atomic mass is 16.6. The molecular formula is C16H22O11. The summed E-state index contributed by atoms with van der Waals surface area (Å²) in [6.07, 6.45) is -4.87. The zero-order chi connectivity index (χ0) is 21.1. The summed E-state index contributed by atoms with van der Waals surface area (Å²) < 4.78 is 24.2. The number of Topliss-reactive ketones (excluding diaryl/α,β-unsaturated/α-hetero) is 1. The van der Waals surface area contributed by atoms with E-state index in [0.717, 1.165) is 34.6 Å². The molecule has 27 heavy (non-hydrogen) atoms. The molecule has 0 saturated heterocycles. The van der Waals surface area contributed by atoms with E-state index in [9.17, 15) is 28.8 Å². The highest BCUT2D eigenvalue weighted by Crippen LogP contribution is 2.16. The van der Waals surface area contributed by atoms with E-state index in [2.05, 4.69) is 4.74 Å². The van der Waals surface area contributed by atoms with E-state index in [1.807, 2.05) is 0 Å². The molecule has 0 aromatic heterocycles. The summed E-state index contributed by atoms with van der Waals surface area (Å²) in [6.45, 7) is 3.81. The SMILES string of the molecule is CC(=O)OCC(=O)[C@H](OC(C)=O)[C@H](OC(C)=O)[C@H](COC(C)=O)OC(C)=O. The molecule has 0 aliphatic carbocycles. The summed E-state index contributed by atoms with van der Waals surface area (Å²) >= 11 is 0. The fourth-order valence-corrected chi connectivity index (χ4v) is 1.88. The molecule has 0 N–H and O–H groups in total. The Labute approximate surface area is 155 Å². The van der Waals surface area contributed by atoms with Gasteiger partial charge in [-0.3, -0.25) is 28.8 Å². The first-order valence-corrected chi connectivity index (χ1v) is 7.75. The monoisotopic (exact) mass is 390 g/mol. The van der Waals surface area contributed by atoms with E-state index in [-0.39, 0.29) is 0 Å². The lowest BCUT2D eigenvalue weighted by atomic mass is 10.0. The molecule has 0 heterocycles. The van der Waals surface area contributed by atoms with Gasteiger partial charge in [-0.2, -0.15) is 0 Å². The number of hydrogen-bond donors (Lipinski definition) is 0. The molecule has 152 valence electrons. The van der Waals surface area contributed by atoms with Crippen LogP contribution in [0.4, 0.5) is 0 Å². The second-order valence-corrected chi connectivity index (χ2v) is 5.30. The molecule has 11 nitrogen and oxygen atoms in total. The molecule has 3 atom stereocenters. The van der Waals surface area contributed by atoms with Gasteiger partial charge in [-0.15, -0.1) is 0 Å². The van der Waals surface area contributed by atoms with E-state index < -0.39 is 67.2 Å². The molecular weight excluding hydrogens is 368 g/mol. The van der Waals surface area contributed by atoms with Crippen LogP contribution in [0.5, 0.6) is 0 Å². The topological polar surface area (TPSA) is 149 Å². The Bertz CT molecular complexity index is 595. The molecule has 0 aromatic rings. The summed E-state index contributed by atoms with van der Waals surface area (Å²) in [4.78, 5) is 68.5. The van der Waals surface area contributed by atoms with Crippen LogP contribution in [0.15, 0.2) is 0 Å². The fraction of sp³-hybridized carbons (Fsp3) is 0.625. The number of esters is 5. The lowest BCUT2D eigenvalue weighted by molar-refractivity contribution is -0.191. The van der Waals surface area contributed by atoms with E-state index in [0.29, 0.717) is 0 Å². The van der Waals surface area contributed by atoms with Crippen molar-refractivity contribution in [3.63, 3.8) is 0 Å². The summed E-state index contributed by atoms with van der Waals surface area (Å²) in [5, 5.41) is 0. The van der Waals surface area contributed by atoms with Crippen LogP contribution in [0.25, 0.3) is 0 Å². The minimum Gasteiger partial charge on any atom is -0.462 e. The second kappa shape index (κ2) is 11.6.